The van der Waals surface area contributed by atoms with Crippen molar-refractivity contribution in [1.82, 2.24) is 4.90 Å². The summed E-state index contributed by atoms with van der Waals surface area (Å²) >= 11 is 0. The lowest BCUT2D eigenvalue weighted by atomic mass is 9.59. The number of benzene rings is 1. The normalized spacial score (nSPS) is 32.1. The van der Waals surface area contributed by atoms with Gasteiger partial charge in [0.05, 0.1) is 0 Å². The second-order valence-electron chi connectivity index (χ2n) is 6.35. The lowest BCUT2D eigenvalue weighted by Crippen LogP contribution is -2.57. The van der Waals surface area contributed by atoms with Gasteiger partial charge in [-0.15, -0.1) is 19.0 Å². The molecule has 0 amide bonds. The van der Waals surface area contributed by atoms with Gasteiger partial charge < -0.3 is 5.11 Å². The maximum atomic E-state index is 9.80. The first-order valence-corrected chi connectivity index (χ1v) is 7.23. The number of hydrogen-bond acceptors (Lipinski definition) is 2. The maximum absolute atomic E-state index is 9.80. The highest BCUT2D eigenvalue weighted by Gasteiger charge is 2.48. The zero-order chi connectivity index (χ0) is 13.6. The highest BCUT2D eigenvalue weighted by atomic mass is 35.5. The van der Waals surface area contributed by atoms with Gasteiger partial charge in [-0.3, -0.25) is 4.90 Å². The van der Waals surface area contributed by atoms with Crippen molar-refractivity contribution in [2.45, 2.75) is 38.1 Å². The number of nitrogens with zero attached hydrogens (tertiary/aromatic N) is 1. The molecule has 0 spiro atoms. The Kier molecular flexibility index (Phi) is 4.17. The summed E-state index contributed by atoms with van der Waals surface area (Å²) in [5.74, 6) is 1.02. The van der Waals surface area contributed by atoms with E-state index in [0.29, 0.717) is 17.7 Å². The molecule has 1 aliphatic heterocycles. The van der Waals surface area contributed by atoms with Crippen LogP contribution < -0.4 is 0 Å². The Labute approximate surface area is 127 Å². The summed E-state index contributed by atoms with van der Waals surface area (Å²) in [6, 6.07) is 6.53. The van der Waals surface area contributed by atoms with E-state index in [4.69, 9.17) is 0 Å². The van der Waals surface area contributed by atoms with Gasteiger partial charge >= 0.3 is 0 Å². The fourth-order valence-corrected chi connectivity index (χ4v) is 4.09. The SMILES string of the molecule is C=CCN1CCC2(C)c3cc(O)ccc3CC1[C@@H]2C.Cl. The van der Waals surface area contributed by atoms with Gasteiger partial charge in [-0.1, -0.05) is 26.0 Å². The van der Waals surface area contributed by atoms with E-state index in [1.807, 2.05) is 18.2 Å². The van der Waals surface area contributed by atoms with Gasteiger partial charge in [-0.25, -0.2) is 0 Å². The molecule has 3 heteroatoms. The number of hydrogen-bond donors (Lipinski definition) is 1. The summed E-state index contributed by atoms with van der Waals surface area (Å²) in [7, 11) is 0. The minimum Gasteiger partial charge on any atom is -0.508 e. The Hall–Kier alpha value is -0.990. The van der Waals surface area contributed by atoms with Gasteiger partial charge in [0, 0.05) is 12.6 Å². The van der Waals surface area contributed by atoms with E-state index < -0.39 is 0 Å². The minimum absolute atomic E-state index is 0. The van der Waals surface area contributed by atoms with Gasteiger partial charge in [0.2, 0.25) is 0 Å². The van der Waals surface area contributed by atoms with Gasteiger partial charge in [-0.05, 0) is 54.0 Å². The van der Waals surface area contributed by atoms with E-state index in [2.05, 4.69) is 31.4 Å². The number of likely N-dealkylation sites (tertiary alicyclic amines) is 1. The molecule has 110 valence electrons. The number of aromatic hydroxyl groups is 1. The monoisotopic (exact) mass is 293 g/mol. The van der Waals surface area contributed by atoms with Crippen LogP contribution in [0.15, 0.2) is 30.9 Å². The molecule has 2 bridgehead atoms. The molecule has 1 aromatic carbocycles. The van der Waals surface area contributed by atoms with Crippen molar-refractivity contribution in [1.29, 1.82) is 0 Å². The summed E-state index contributed by atoms with van der Waals surface area (Å²) in [4.78, 5) is 2.56. The molecule has 20 heavy (non-hydrogen) atoms. The molecule has 3 rings (SSSR count). The predicted molar refractivity (Wildman–Crippen MR) is 85.7 cm³/mol. The Morgan fingerprint density at radius 2 is 2.25 bits per heavy atom. The number of rotatable bonds is 2. The van der Waals surface area contributed by atoms with E-state index in [1.54, 1.807) is 0 Å². The topological polar surface area (TPSA) is 23.5 Å². The van der Waals surface area contributed by atoms with Gasteiger partial charge in [-0.2, -0.15) is 0 Å². The first-order valence-electron chi connectivity index (χ1n) is 7.23. The second kappa shape index (κ2) is 5.42. The molecule has 0 radical (unpaired) electrons. The van der Waals surface area contributed by atoms with Crippen LogP contribution in [-0.2, 0) is 11.8 Å². The van der Waals surface area contributed by atoms with Crippen LogP contribution in [0.5, 0.6) is 5.75 Å². The molecule has 0 aromatic heterocycles. The van der Waals surface area contributed by atoms with Crippen LogP contribution in [0.2, 0.25) is 0 Å². The zero-order valence-electron chi connectivity index (χ0n) is 12.3. The number of phenolic OH excluding ortho intramolecular Hbond substituents is 1. The zero-order valence-corrected chi connectivity index (χ0v) is 13.1. The highest BCUT2D eigenvalue weighted by Crippen LogP contribution is 2.49. The van der Waals surface area contributed by atoms with Crippen molar-refractivity contribution >= 4 is 12.4 Å². The molecular formula is C17H24ClNO. The third-order valence-electron chi connectivity index (χ3n) is 5.47. The summed E-state index contributed by atoms with van der Waals surface area (Å²) in [6.07, 6.45) is 4.27. The maximum Gasteiger partial charge on any atom is 0.115 e. The van der Waals surface area contributed by atoms with Crippen LogP contribution in [0.25, 0.3) is 0 Å². The van der Waals surface area contributed by atoms with E-state index in [-0.39, 0.29) is 17.8 Å². The van der Waals surface area contributed by atoms with Crippen LogP contribution in [-0.4, -0.2) is 29.1 Å². The van der Waals surface area contributed by atoms with Crippen molar-refractivity contribution in [3.63, 3.8) is 0 Å². The Bertz CT molecular complexity index is 516. The van der Waals surface area contributed by atoms with E-state index >= 15 is 0 Å². The highest BCUT2D eigenvalue weighted by molar-refractivity contribution is 5.85. The average Bonchev–Trinajstić information content (AvgIpc) is 2.38. The van der Waals surface area contributed by atoms with Gasteiger partial charge in [0.1, 0.15) is 5.75 Å². The fraction of sp³-hybridized carbons (Fsp3) is 0.529. The van der Waals surface area contributed by atoms with Crippen molar-refractivity contribution in [2.75, 3.05) is 13.1 Å². The second-order valence-corrected chi connectivity index (χ2v) is 6.35. The first kappa shape index (κ1) is 15.4. The number of phenols is 1. The third-order valence-corrected chi connectivity index (χ3v) is 5.47. The van der Waals surface area contributed by atoms with Crippen LogP contribution in [0.1, 0.15) is 31.4 Å². The van der Waals surface area contributed by atoms with Gasteiger partial charge in [0.25, 0.3) is 0 Å². The molecule has 1 heterocycles. The van der Waals surface area contributed by atoms with Crippen molar-refractivity contribution < 1.29 is 5.11 Å². The quantitative estimate of drug-likeness (QED) is 0.843. The lowest BCUT2D eigenvalue weighted by Gasteiger charge is -2.54. The van der Waals surface area contributed by atoms with Crippen molar-refractivity contribution in [2.24, 2.45) is 5.92 Å². The molecule has 0 saturated carbocycles. The summed E-state index contributed by atoms with van der Waals surface area (Å²) in [5.41, 5.74) is 2.99. The Morgan fingerprint density at radius 3 is 2.95 bits per heavy atom. The summed E-state index contributed by atoms with van der Waals surface area (Å²) in [6.45, 7) is 10.7. The van der Waals surface area contributed by atoms with Crippen molar-refractivity contribution in [3.8, 4) is 5.75 Å². The van der Waals surface area contributed by atoms with Crippen LogP contribution in [0.3, 0.4) is 0 Å². The first-order chi connectivity index (χ1) is 9.06. The molecule has 3 atom stereocenters. The Morgan fingerprint density at radius 1 is 1.50 bits per heavy atom. The van der Waals surface area contributed by atoms with Gasteiger partial charge in [0.15, 0.2) is 0 Å². The summed E-state index contributed by atoms with van der Waals surface area (Å²) in [5, 5.41) is 9.80. The smallest absolute Gasteiger partial charge is 0.115 e. The molecule has 2 aliphatic rings. The molecule has 2 nitrogen and oxygen atoms in total. The molecule has 2 unspecified atom stereocenters. The summed E-state index contributed by atoms with van der Waals surface area (Å²) < 4.78 is 0. The molecule has 1 saturated heterocycles. The van der Waals surface area contributed by atoms with E-state index in [1.165, 1.54) is 11.1 Å². The average molecular weight is 294 g/mol. The van der Waals surface area contributed by atoms with E-state index in [9.17, 15) is 5.11 Å². The van der Waals surface area contributed by atoms with Crippen LogP contribution in [0.4, 0.5) is 0 Å². The molecule has 1 fully saturated rings. The predicted octanol–water partition coefficient (Wildman–Crippen LogP) is 3.52. The minimum atomic E-state index is 0. The third kappa shape index (κ3) is 2.15. The lowest BCUT2D eigenvalue weighted by molar-refractivity contribution is 0.0398. The molecular weight excluding hydrogens is 270 g/mol. The number of halogens is 1. The largest absolute Gasteiger partial charge is 0.508 e. The van der Waals surface area contributed by atoms with E-state index in [0.717, 1.165) is 25.9 Å². The van der Waals surface area contributed by atoms with Crippen LogP contribution in [0, 0.1) is 5.92 Å². The number of fused-ring (bicyclic) bond motifs is 4. The Balaban J connectivity index is 0.00000147. The number of piperidine rings is 1. The molecule has 1 N–H and O–H groups in total. The standard InChI is InChI=1S/C17H23NO.ClH/c1-4-8-18-9-7-17(3)12(2)16(18)10-13-5-6-14(19)11-15(13)17;/h4-6,11-12,16,19H,1,7-10H2,2-3H3;1H/t12-,16?,17?;/m0./s1. The van der Waals surface area contributed by atoms with Crippen LogP contribution >= 0.6 is 12.4 Å². The fourth-order valence-electron chi connectivity index (χ4n) is 4.09. The van der Waals surface area contributed by atoms with Crippen molar-refractivity contribution in [3.05, 3.63) is 42.0 Å². The molecule has 1 aliphatic carbocycles. The molecule has 1 aromatic rings.